The highest BCUT2D eigenvalue weighted by molar-refractivity contribution is 7.92. The van der Waals surface area contributed by atoms with Crippen LogP contribution in [0.1, 0.15) is 48.1 Å². The maximum absolute atomic E-state index is 14.1. The van der Waals surface area contributed by atoms with Gasteiger partial charge >= 0.3 is 0 Å². The second-order valence-corrected chi connectivity index (χ2v) is 11.8. The van der Waals surface area contributed by atoms with Gasteiger partial charge in [0, 0.05) is 13.1 Å². The third-order valence-electron chi connectivity index (χ3n) is 6.72. The van der Waals surface area contributed by atoms with E-state index >= 15 is 0 Å². The number of carbonyl (C=O) groups is 2. The van der Waals surface area contributed by atoms with Crippen molar-refractivity contribution in [1.29, 1.82) is 0 Å². The van der Waals surface area contributed by atoms with E-state index in [2.05, 4.69) is 5.32 Å². The maximum Gasteiger partial charge on any atom is 0.264 e. The lowest BCUT2D eigenvalue weighted by Crippen LogP contribution is -2.52. The lowest BCUT2D eigenvalue weighted by atomic mass is 10.1. The van der Waals surface area contributed by atoms with Crippen molar-refractivity contribution in [3.8, 4) is 0 Å². The van der Waals surface area contributed by atoms with E-state index < -0.39 is 28.5 Å². The Balaban J connectivity index is 2.11. The number of carbonyl (C=O) groups excluding carboxylic acids is 2. The highest BCUT2D eigenvalue weighted by Crippen LogP contribution is 2.27. The summed E-state index contributed by atoms with van der Waals surface area (Å²) in [7, 11) is -4.09. The number of aryl methyl sites for hydroxylation is 4. The van der Waals surface area contributed by atoms with Crippen LogP contribution in [-0.2, 0) is 26.2 Å². The van der Waals surface area contributed by atoms with Gasteiger partial charge in [-0.2, -0.15) is 0 Å². The van der Waals surface area contributed by atoms with Crippen molar-refractivity contribution in [2.75, 3.05) is 17.4 Å². The number of amides is 2. The number of anilines is 1. The minimum absolute atomic E-state index is 0.0984. The van der Waals surface area contributed by atoms with E-state index in [9.17, 15) is 18.0 Å². The van der Waals surface area contributed by atoms with Gasteiger partial charge in [0.1, 0.15) is 12.6 Å². The number of likely N-dealkylation sites (N-methyl/N-ethyl adjacent to an activating group) is 1. The van der Waals surface area contributed by atoms with Gasteiger partial charge in [-0.15, -0.1) is 0 Å². The molecule has 39 heavy (non-hydrogen) atoms. The summed E-state index contributed by atoms with van der Waals surface area (Å²) in [5, 5.41) is 2.83. The average molecular weight is 550 g/mol. The zero-order valence-electron chi connectivity index (χ0n) is 23.7. The molecule has 0 unspecified atom stereocenters. The first-order valence-corrected chi connectivity index (χ1v) is 14.7. The van der Waals surface area contributed by atoms with Crippen molar-refractivity contribution >= 4 is 27.5 Å². The molecule has 0 aliphatic carbocycles. The predicted octanol–water partition coefficient (Wildman–Crippen LogP) is 5.06. The standard InChI is InChI=1S/C31H39N3O4S/c1-7-29(31(36)32-8-2)33(20-26-12-10-9-11-25(26)6)30(35)21-34(27-18-23(4)17-24(5)19-27)39(37,38)28-15-13-22(3)14-16-28/h9-19,29H,7-8,20-21H2,1-6H3,(H,32,36)/t29-/m1/s1. The van der Waals surface area contributed by atoms with Crippen LogP contribution in [0.3, 0.4) is 0 Å². The van der Waals surface area contributed by atoms with E-state index in [0.29, 0.717) is 18.7 Å². The summed E-state index contributed by atoms with van der Waals surface area (Å²) in [5.41, 5.74) is 4.98. The van der Waals surface area contributed by atoms with Crippen molar-refractivity contribution in [2.24, 2.45) is 0 Å². The molecule has 1 N–H and O–H groups in total. The van der Waals surface area contributed by atoms with E-state index in [1.54, 1.807) is 36.4 Å². The number of hydrogen-bond donors (Lipinski definition) is 1. The first kappa shape index (κ1) is 29.9. The molecular weight excluding hydrogens is 510 g/mol. The SMILES string of the molecule is CCNC(=O)[C@@H](CC)N(Cc1ccccc1C)C(=O)CN(c1cc(C)cc(C)c1)S(=O)(=O)c1ccc(C)cc1. The van der Waals surface area contributed by atoms with Crippen molar-refractivity contribution in [3.63, 3.8) is 0 Å². The van der Waals surface area contributed by atoms with Gasteiger partial charge in [-0.3, -0.25) is 13.9 Å². The molecule has 0 aromatic heterocycles. The minimum Gasteiger partial charge on any atom is -0.355 e. The normalized spacial score (nSPS) is 12.1. The minimum atomic E-state index is -4.09. The third kappa shape index (κ3) is 7.26. The van der Waals surface area contributed by atoms with Crippen LogP contribution < -0.4 is 9.62 Å². The molecule has 0 aliphatic rings. The Hall–Kier alpha value is -3.65. The second kappa shape index (κ2) is 12.9. The van der Waals surface area contributed by atoms with Crippen LogP contribution >= 0.6 is 0 Å². The van der Waals surface area contributed by atoms with Crippen LogP contribution in [0.4, 0.5) is 5.69 Å². The number of rotatable bonds is 11. The number of benzene rings is 3. The van der Waals surface area contributed by atoms with Crippen molar-refractivity contribution in [1.82, 2.24) is 10.2 Å². The molecule has 3 aromatic rings. The molecule has 3 rings (SSSR count). The molecule has 1 atom stereocenters. The Bertz CT molecular complexity index is 1400. The zero-order chi connectivity index (χ0) is 28.7. The summed E-state index contributed by atoms with van der Waals surface area (Å²) in [6.45, 7) is 11.5. The number of hydrogen-bond acceptors (Lipinski definition) is 4. The largest absolute Gasteiger partial charge is 0.355 e. The molecule has 208 valence electrons. The molecular formula is C31H39N3O4S. The van der Waals surface area contributed by atoms with Gasteiger partial charge in [0.05, 0.1) is 10.6 Å². The second-order valence-electron chi connectivity index (χ2n) is 9.94. The topological polar surface area (TPSA) is 86.8 Å². The Kier molecular flexibility index (Phi) is 9.92. The summed E-state index contributed by atoms with van der Waals surface area (Å²) >= 11 is 0. The van der Waals surface area contributed by atoms with Crippen LogP contribution in [0.25, 0.3) is 0 Å². The molecule has 0 bridgehead atoms. The Morgan fingerprint density at radius 1 is 0.846 bits per heavy atom. The van der Waals surface area contributed by atoms with Gasteiger partial charge < -0.3 is 10.2 Å². The van der Waals surface area contributed by atoms with Gasteiger partial charge in [-0.05, 0) is 87.6 Å². The van der Waals surface area contributed by atoms with E-state index in [1.807, 2.05) is 71.9 Å². The Labute approximate surface area is 232 Å². The fourth-order valence-corrected chi connectivity index (χ4v) is 6.04. The van der Waals surface area contributed by atoms with E-state index in [0.717, 1.165) is 32.1 Å². The Morgan fingerprint density at radius 2 is 1.46 bits per heavy atom. The van der Waals surface area contributed by atoms with Gasteiger partial charge in [-0.25, -0.2) is 8.42 Å². The molecule has 0 spiro atoms. The summed E-state index contributed by atoms with van der Waals surface area (Å²) in [4.78, 5) is 28.8. The fourth-order valence-electron chi connectivity index (χ4n) is 4.64. The molecule has 0 saturated heterocycles. The van der Waals surface area contributed by atoms with E-state index in [-0.39, 0.29) is 17.3 Å². The number of nitrogens with one attached hydrogen (secondary N) is 1. The smallest absolute Gasteiger partial charge is 0.264 e. The van der Waals surface area contributed by atoms with Crippen LogP contribution in [0.15, 0.2) is 71.6 Å². The molecule has 0 fully saturated rings. The first-order chi connectivity index (χ1) is 18.5. The molecule has 0 heterocycles. The third-order valence-corrected chi connectivity index (χ3v) is 8.51. The molecule has 2 amide bonds. The highest BCUT2D eigenvalue weighted by atomic mass is 32.2. The quantitative estimate of drug-likeness (QED) is 0.362. The summed E-state index contributed by atoms with van der Waals surface area (Å²) < 4.78 is 29.1. The fraction of sp³-hybridized carbons (Fsp3) is 0.355. The van der Waals surface area contributed by atoms with Crippen molar-refractivity contribution in [3.05, 3.63) is 94.5 Å². The first-order valence-electron chi connectivity index (χ1n) is 13.3. The lowest BCUT2D eigenvalue weighted by Gasteiger charge is -2.33. The predicted molar refractivity (Wildman–Crippen MR) is 156 cm³/mol. The number of sulfonamides is 1. The zero-order valence-corrected chi connectivity index (χ0v) is 24.5. The summed E-state index contributed by atoms with van der Waals surface area (Å²) in [6, 6.07) is 19.0. The van der Waals surface area contributed by atoms with Crippen LogP contribution in [0, 0.1) is 27.7 Å². The monoisotopic (exact) mass is 549 g/mol. The van der Waals surface area contributed by atoms with Crippen molar-refractivity contribution in [2.45, 2.75) is 65.4 Å². The highest BCUT2D eigenvalue weighted by Gasteiger charge is 2.33. The molecule has 7 nitrogen and oxygen atoms in total. The van der Waals surface area contributed by atoms with E-state index in [4.69, 9.17) is 0 Å². The van der Waals surface area contributed by atoms with Gasteiger partial charge in [-0.1, -0.05) is 55.0 Å². The number of nitrogens with zero attached hydrogens (tertiary/aromatic N) is 2. The summed E-state index contributed by atoms with van der Waals surface area (Å²) in [5.74, 6) is -0.715. The van der Waals surface area contributed by atoms with Gasteiger partial charge in [0.2, 0.25) is 11.8 Å². The Morgan fingerprint density at radius 3 is 2.03 bits per heavy atom. The molecule has 0 aliphatic heterocycles. The van der Waals surface area contributed by atoms with Crippen LogP contribution in [-0.4, -0.2) is 44.3 Å². The molecule has 8 heteroatoms. The van der Waals surface area contributed by atoms with Crippen LogP contribution in [0.2, 0.25) is 0 Å². The summed E-state index contributed by atoms with van der Waals surface area (Å²) in [6.07, 6.45) is 0.387. The maximum atomic E-state index is 14.1. The average Bonchev–Trinajstić information content (AvgIpc) is 2.87. The van der Waals surface area contributed by atoms with Gasteiger partial charge in [0.15, 0.2) is 0 Å². The van der Waals surface area contributed by atoms with Crippen LogP contribution in [0.5, 0.6) is 0 Å². The molecule has 0 radical (unpaired) electrons. The molecule has 3 aromatic carbocycles. The lowest BCUT2D eigenvalue weighted by molar-refractivity contribution is -0.140. The van der Waals surface area contributed by atoms with Crippen molar-refractivity contribution < 1.29 is 18.0 Å². The molecule has 0 saturated carbocycles. The van der Waals surface area contributed by atoms with Gasteiger partial charge in [0.25, 0.3) is 10.0 Å². The van der Waals surface area contributed by atoms with E-state index in [1.165, 1.54) is 4.90 Å².